The number of halogens is 1. The predicted octanol–water partition coefficient (Wildman–Crippen LogP) is 3.79. The molecule has 0 radical (unpaired) electrons. The Morgan fingerprint density at radius 2 is 1.81 bits per heavy atom. The van der Waals surface area contributed by atoms with Crippen LogP contribution < -0.4 is 14.2 Å². The van der Waals surface area contributed by atoms with Crippen LogP contribution in [-0.2, 0) is 14.8 Å². The molecule has 0 bridgehead atoms. The van der Waals surface area contributed by atoms with Crippen LogP contribution in [0.2, 0.25) is 5.02 Å². The second kappa shape index (κ2) is 11.7. The largest absolute Gasteiger partial charge is 0.490 e. The number of rotatable bonds is 12. The minimum atomic E-state index is -3.98. The van der Waals surface area contributed by atoms with E-state index >= 15 is 0 Å². The molecule has 0 amide bonds. The van der Waals surface area contributed by atoms with E-state index in [1.807, 2.05) is 18.6 Å². The Labute approximate surface area is 191 Å². The van der Waals surface area contributed by atoms with Gasteiger partial charge in [0.1, 0.15) is 6.54 Å². The number of ether oxygens (including phenoxy) is 2. The van der Waals surface area contributed by atoms with Crippen molar-refractivity contribution in [3.05, 3.63) is 58.6 Å². The van der Waals surface area contributed by atoms with Crippen molar-refractivity contribution in [1.82, 2.24) is 4.72 Å². The molecule has 0 unspecified atom stereocenters. The van der Waals surface area contributed by atoms with Gasteiger partial charge in [-0.1, -0.05) is 24.6 Å². The van der Waals surface area contributed by atoms with Crippen LogP contribution in [0.4, 0.5) is 0 Å². The van der Waals surface area contributed by atoms with Gasteiger partial charge in [0.05, 0.1) is 23.1 Å². The summed E-state index contributed by atoms with van der Waals surface area (Å²) in [6.45, 7) is 3.99. The highest BCUT2D eigenvalue weighted by atomic mass is 35.5. The highest BCUT2D eigenvalue weighted by Crippen LogP contribution is 2.37. The molecule has 0 aliphatic carbocycles. The van der Waals surface area contributed by atoms with Crippen LogP contribution in [0.3, 0.4) is 0 Å². The van der Waals surface area contributed by atoms with Crippen LogP contribution >= 0.6 is 11.6 Å². The second-order valence-electron chi connectivity index (χ2n) is 6.55. The van der Waals surface area contributed by atoms with Gasteiger partial charge in [-0.15, -0.1) is 0 Å². The number of carboxylic acid groups (broad SMARTS) is 1. The summed E-state index contributed by atoms with van der Waals surface area (Å²) in [6.07, 6.45) is 3.72. The van der Waals surface area contributed by atoms with Crippen molar-refractivity contribution in [2.45, 2.75) is 25.2 Å². The molecule has 0 fully saturated rings. The van der Waals surface area contributed by atoms with E-state index in [0.717, 1.165) is 6.42 Å². The Morgan fingerprint density at radius 1 is 1.12 bits per heavy atom. The van der Waals surface area contributed by atoms with Crippen molar-refractivity contribution in [2.24, 2.45) is 0 Å². The predicted molar refractivity (Wildman–Crippen MR) is 121 cm³/mol. The maximum Gasteiger partial charge on any atom is 0.318 e. The Balaban J connectivity index is 2.18. The lowest BCUT2D eigenvalue weighted by Gasteiger charge is -2.14. The van der Waals surface area contributed by atoms with E-state index in [1.54, 1.807) is 18.2 Å². The zero-order chi connectivity index (χ0) is 23.7. The van der Waals surface area contributed by atoms with E-state index in [-0.39, 0.29) is 16.2 Å². The van der Waals surface area contributed by atoms with E-state index in [9.17, 15) is 18.0 Å². The van der Waals surface area contributed by atoms with Gasteiger partial charge in [-0.2, -0.15) is 4.72 Å². The molecule has 32 heavy (non-hydrogen) atoms. The molecule has 0 aliphatic rings. The number of nitrogens with one attached hydrogen (secondary N) is 1. The van der Waals surface area contributed by atoms with E-state index in [4.69, 9.17) is 26.2 Å². The third-order valence-corrected chi connectivity index (χ3v) is 5.77. The monoisotopic (exact) mass is 481 g/mol. The first-order valence-electron chi connectivity index (χ1n) is 9.81. The summed E-state index contributed by atoms with van der Waals surface area (Å²) in [5.74, 6) is -0.730. The molecule has 10 heteroatoms. The van der Waals surface area contributed by atoms with Crippen molar-refractivity contribution >= 4 is 39.5 Å². The summed E-state index contributed by atoms with van der Waals surface area (Å²) in [5, 5.41) is 8.97. The van der Waals surface area contributed by atoms with Gasteiger partial charge in [0.25, 0.3) is 0 Å². The minimum Gasteiger partial charge on any atom is -0.490 e. The topological polar surface area (TPSA) is 119 Å². The molecular weight excluding hydrogens is 458 g/mol. The lowest BCUT2D eigenvalue weighted by Crippen LogP contribution is -2.29. The first-order valence-corrected chi connectivity index (χ1v) is 11.7. The number of sulfonamides is 1. The molecule has 0 saturated carbocycles. The van der Waals surface area contributed by atoms with Crippen molar-refractivity contribution < 1.29 is 32.6 Å². The zero-order valence-corrected chi connectivity index (χ0v) is 19.2. The number of carbonyl (C=O) groups excluding carboxylic acids is 1. The highest BCUT2D eigenvalue weighted by molar-refractivity contribution is 7.89. The summed E-state index contributed by atoms with van der Waals surface area (Å²) < 4.78 is 37.3. The molecule has 2 aromatic rings. The lowest BCUT2D eigenvalue weighted by molar-refractivity contribution is -0.135. The molecule has 0 aromatic heterocycles. The standard InChI is InChI=1S/C22H24ClNO7S/c1-3-11-31-22-18(23)12-15(13-20(22)30-4-2)5-10-19(25)16-6-8-17(9-7-16)32(28,29)24-14-21(26)27/h5-10,12-13,24H,3-4,11,14H2,1-2H3,(H,26,27)/b10-5+. The number of hydrogen-bond donors (Lipinski definition) is 2. The zero-order valence-electron chi connectivity index (χ0n) is 17.6. The quantitative estimate of drug-likeness (QED) is 0.349. The molecule has 0 saturated heterocycles. The minimum absolute atomic E-state index is 0.143. The average Bonchev–Trinajstić information content (AvgIpc) is 2.76. The Hall–Kier alpha value is -2.88. The van der Waals surface area contributed by atoms with E-state index < -0.39 is 22.5 Å². The third-order valence-electron chi connectivity index (χ3n) is 4.07. The smallest absolute Gasteiger partial charge is 0.318 e. The highest BCUT2D eigenvalue weighted by Gasteiger charge is 2.16. The van der Waals surface area contributed by atoms with Crippen molar-refractivity contribution in [3.8, 4) is 11.5 Å². The fourth-order valence-corrected chi connectivity index (χ4v) is 3.85. The van der Waals surface area contributed by atoms with Gasteiger partial charge < -0.3 is 14.6 Å². The molecule has 172 valence electrons. The molecular formula is C22H24ClNO7S. The number of carbonyl (C=O) groups is 2. The lowest BCUT2D eigenvalue weighted by atomic mass is 10.1. The second-order valence-corrected chi connectivity index (χ2v) is 8.73. The molecule has 2 N–H and O–H groups in total. The van der Waals surface area contributed by atoms with Gasteiger partial charge in [0.2, 0.25) is 10.0 Å². The van der Waals surface area contributed by atoms with Gasteiger partial charge in [-0.25, -0.2) is 8.42 Å². The van der Waals surface area contributed by atoms with E-state index in [2.05, 4.69) is 0 Å². The summed E-state index contributed by atoms with van der Waals surface area (Å²) in [4.78, 5) is 22.9. The molecule has 2 rings (SSSR count). The first-order chi connectivity index (χ1) is 15.2. The van der Waals surface area contributed by atoms with Crippen molar-refractivity contribution in [2.75, 3.05) is 19.8 Å². The van der Waals surface area contributed by atoms with Crippen molar-refractivity contribution in [1.29, 1.82) is 0 Å². The van der Waals surface area contributed by atoms with Crippen LogP contribution in [0.5, 0.6) is 11.5 Å². The number of carboxylic acids is 1. The van der Waals surface area contributed by atoms with Crippen LogP contribution in [-0.4, -0.2) is 45.0 Å². The normalized spacial score (nSPS) is 11.5. The molecule has 0 spiro atoms. The van der Waals surface area contributed by atoms with Crippen LogP contribution in [0.15, 0.2) is 47.4 Å². The van der Waals surface area contributed by atoms with Gasteiger partial charge in [-0.3, -0.25) is 9.59 Å². The van der Waals surface area contributed by atoms with Crippen molar-refractivity contribution in [3.63, 3.8) is 0 Å². The van der Waals surface area contributed by atoms with Gasteiger partial charge in [0, 0.05) is 5.56 Å². The maximum atomic E-state index is 12.5. The number of hydrogen-bond acceptors (Lipinski definition) is 6. The average molecular weight is 482 g/mol. The van der Waals surface area contributed by atoms with Gasteiger partial charge in [0.15, 0.2) is 17.3 Å². The van der Waals surface area contributed by atoms with Crippen LogP contribution in [0, 0.1) is 0 Å². The number of benzene rings is 2. The number of aliphatic carboxylic acids is 1. The molecule has 0 atom stereocenters. The van der Waals surface area contributed by atoms with E-state index in [0.29, 0.717) is 35.3 Å². The van der Waals surface area contributed by atoms with Gasteiger partial charge in [-0.05, 0) is 61.4 Å². The maximum absolute atomic E-state index is 12.5. The number of ketones is 1. The van der Waals surface area contributed by atoms with E-state index in [1.165, 1.54) is 30.3 Å². The SMILES string of the molecule is CCCOc1c(Cl)cc(/C=C/C(=O)c2ccc(S(=O)(=O)NCC(=O)O)cc2)cc1OCC. The van der Waals surface area contributed by atoms with Crippen LogP contribution in [0.1, 0.15) is 36.2 Å². The molecule has 2 aromatic carbocycles. The Kier molecular flexibility index (Phi) is 9.25. The summed E-state index contributed by atoms with van der Waals surface area (Å²) in [5.41, 5.74) is 0.894. The first kappa shape index (κ1) is 25.4. The Morgan fingerprint density at radius 3 is 2.41 bits per heavy atom. The molecule has 8 nitrogen and oxygen atoms in total. The molecule has 0 heterocycles. The summed E-state index contributed by atoms with van der Waals surface area (Å²) in [6, 6.07) is 8.53. The number of allylic oxidation sites excluding steroid dienone is 1. The van der Waals surface area contributed by atoms with Gasteiger partial charge >= 0.3 is 5.97 Å². The Bertz CT molecular complexity index is 1100. The summed E-state index contributed by atoms with van der Waals surface area (Å²) in [7, 11) is -3.98. The molecule has 0 aliphatic heterocycles. The fourth-order valence-electron chi connectivity index (χ4n) is 2.60. The third kappa shape index (κ3) is 7.08. The van der Waals surface area contributed by atoms with Crippen LogP contribution in [0.25, 0.3) is 6.08 Å². The summed E-state index contributed by atoms with van der Waals surface area (Å²) >= 11 is 6.32. The fraction of sp³-hybridized carbons (Fsp3) is 0.273.